The lowest BCUT2D eigenvalue weighted by molar-refractivity contribution is -0.115. The second kappa shape index (κ2) is 5.59. The lowest BCUT2D eigenvalue weighted by Gasteiger charge is -2.01. The van der Waals surface area contributed by atoms with Crippen LogP contribution in [0.1, 0.15) is 9.27 Å². The fourth-order valence-corrected chi connectivity index (χ4v) is 1.02. The first-order valence-electron chi connectivity index (χ1n) is 4.49. The van der Waals surface area contributed by atoms with E-state index in [9.17, 15) is 9.59 Å². The Hall–Kier alpha value is -2.10. The summed E-state index contributed by atoms with van der Waals surface area (Å²) >= 11 is 0. The van der Waals surface area contributed by atoms with Gasteiger partial charge >= 0.3 is 0 Å². The summed E-state index contributed by atoms with van der Waals surface area (Å²) in [7, 11) is 0. The van der Waals surface area contributed by atoms with E-state index in [-0.39, 0.29) is 15.2 Å². The highest BCUT2D eigenvalue weighted by molar-refractivity contribution is 5.93. The number of anilines is 1. The van der Waals surface area contributed by atoms with Gasteiger partial charge in [-0.05, 0) is 18.2 Å². The minimum Gasteiger partial charge on any atom is -0.366 e. The number of benzene rings is 1. The molecule has 1 aromatic carbocycles. The van der Waals surface area contributed by atoms with Crippen molar-refractivity contribution in [1.29, 1.82) is 0 Å². The van der Waals surface area contributed by atoms with Crippen LogP contribution in [0.3, 0.4) is 0 Å². The molecule has 0 radical (unpaired) electrons. The highest BCUT2D eigenvalue weighted by atomic mass is 16.2. The molecular weight excluding hydrogens is 192 g/mol. The zero-order chi connectivity index (χ0) is 11.1. The molecule has 82 valence electrons. The summed E-state index contributed by atoms with van der Waals surface area (Å²) in [5, 5.41) is 2.67. The van der Waals surface area contributed by atoms with E-state index in [1.807, 2.05) is 18.2 Å². The van der Waals surface area contributed by atoms with E-state index in [1.54, 1.807) is 12.1 Å². The number of hydrogen-bond donors (Lipinski definition) is 2. The average Bonchev–Trinajstić information content (AvgIpc) is 2.18. The van der Waals surface area contributed by atoms with Crippen LogP contribution in [-0.2, 0) is 9.59 Å². The van der Waals surface area contributed by atoms with Gasteiger partial charge in [0.1, 0.15) is 0 Å². The Bertz CT molecular complexity index is 380. The predicted molar refractivity (Wildman–Crippen MR) is 62.3 cm³/mol. The summed E-state index contributed by atoms with van der Waals surface area (Å²) in [6.45, 7) is 0. The molecule has 3 N–H and O–H groups in total. The molecule has 0 bridgehead atoms. The fraction of sp³-hybridized carbons (Fsp3) is 0.0909. The molecule has 2 amide bonds. The van der Waals surface area contributed by atoms with Gasteiger partial charge < -0.3 is 11.1 Å². The Morgan fingerprint density at radius 2 is 2.00 bits per heavy atom. The fourth-order valence-electron chi connectivity index (χ4n) is 1.02. The van der Waals surface area contributed by atoms with E-state index >= 15 is 0 Å². The van der Waals surface area contributed by atoms with Gasteiger partial charge in [0.25, 0.3) is 0 Å². The van der Waals surface area contributed by atoms with E-state index in [0.29, 0.717) is 0 Å². The molecule has 0 aliphatic rings. The van der Waals surface area contributed by atoms with Crippen molar-refractivity contribution in [2.75, 3.05) is 5.32 Å². The molecule has 0 aliphatic heterocycles. The SMILES string of the molecule is NC(=O)/C=C/CC(=O)Nc1ccccc1.[HH].[HH]. The van der Waals surface area contributed by atoms with Crippen molar-refractivity contribution in [3.05, 3.63) is 42.5 Å². The summed E-state index contributed by atoms with van der Waals surface area (Å²) in [5.74, 6) is -0.735. The van der Waals surface area contributed by atoms with Gasteiger partial charge in [-0.1, -0.05) is 24.3 Å². The van der Waals surface area contributed by atoms with Crippen molar-refractivity contribution in [3.8, 4) is 0 Å². The van der Waals surface area contributed by atoms with Gasteiger partial charge in [0.15, 0.2) is 0 Å². The standard InChI is InChI=1S/C11H12N2O2.2H2/c12-10(14)7-4-8-11(15)13-9-5-2-1-3-6-9;;/h1-7H,8H2,(H2,12,14)(H,13,15);2*1H/b7-4+;;. The number of rotatable bonds is 4. The van der Waals surface area contributed by atoms with Crippen LogP contribution in [0.25, 0.3) is 0 Å². The van der Waals surface area contributed by atoms with Crippen molar-refractivity contribution in [3.63, 3.8) is 0 Å². The summed E-state index contributed by atoms with van der Waals surface area (Å²) in [4.78, 5) is 21.6. The topological polar surface area (TPSA) is 72.2 Å². The largest absolute Gasteiger partial charge is 0.366 e. The van der Waals surface area contributed by atoms with Crippen molar-refractivity contribution in [2.24, 2.45) is 5.73 Å². The van der Waals surface area contributed by atoms with Crippen molar-refractivity contribution < 1.29 is 12.4 Å². The molecule has 0 spiro atoms. The molecule has 4 heteroatoms. The molecule has 0 saturated heterocycles. The highest BCUT2D eigenvalue weighted by Gasteiger charge is 1.98. The molecule has 1 aromatic rings. The predicted octanol–water partition coefficient (Wildman–Crippen LogP) is 1.55. The minimum atomic E-state index is -0.553. The van der Waals surface area contributed by atoms with E-state index in [4.69, 9.17) is 5.73 Å². The van der Waals surface area contributed by atoms with Gasteiger partial charge in [-0.3, -0.25) is 9.59 Å². The monoisotopic (exact) mass is 208 g/mol. The van der Waals surface area contributed by atoms with Gasteiger partial charge in [-0.2, -0.15) is 0 Å². The Morgan fingerprint density at radius 3 is 2.60 bits per heavy atom. The molecule has 0 fully saturated rings. The van der Waals surface area contributed by atoms with Crippen LogP contribution >= 0.6 is 0 Å². The van der Waals surface area contributed by atoms with Crippen LogP contribution in [0, 0.1) is 0 Å². The quantitative estimate of drug-likeness (QED) is 0.737. The number of nitrogens with two attached hydrogens (primary N) is 1. The molecular formula is C11H16N2O2. The average molecular weight is 208 g/mol. The lowest BCUT2D eigenvalue weighted by atomic mass is 10.3. The van der Waals surface area contributed by atoms with Crippen LogP contribution in [0.5, 0.6) is 0 Å². The lowest BCUT2D eigenvalue weighted by Crippen LogP contribution is -2.11. The molecule has 0 unspecified atom stereocenters. The van der Waals surface area contributed by atoms with E-state index in [0.717, 1.165) is 5.69 Å². The van der Waals surface area contributed by atoms with Crippen LogP contribution in [0.15, 0.2) is 42.5 Å². The maximum atomic E-state index is 11.3. The number of para-hydroxylation sites is 1. The Labute approximate surface area is 90.7 Å². The van der Waals surface area contributed by atoms with Crippen molar-refractivity contribution in [1.82, 2.24) is 0 Å². The third-order valence-corrected chi connectivity index (χ3v) is 1.64. The first-order chi connectivity index (χ1) is 7.18. The summed E-state index contributed by atoms with van der Waals surface area (Å²) in [6, 6.07) is 9.10. The number of hydrogen-bond acceptors (Lipinski definition) is 2. The van der Waals surface area contributed by atoms with E-state index in [2.05, 4.69) is 5.32 Å². The number of carbonyl (C=O) groups is 2. The Morgan fingerprint density at radius 1 is 1.33 bits per heavy atom. The van der Waals surface area contributed by atoms with Gasteiger partial charge in [0, 0.05) is 15.0 Å². The molecule has 0 atom stereocenters. The third-order valence-electron chi connectivity index (χ3n) is 1.64. The van der Waals surface area contributed by atoms with Crippen LogP contribution < -0.4 is 11.1 Å². The van der Waals surface area contributed by atoms with Gasteiger partial charge in [0.05, 0.1) is 0 Å². The second-order valence-electron chi connectivity index (χ2n) is 2.92. The zero-order valence-electron chi connectivity index (χ0n) is 8.14. The molecule has 0 aliphatic carbocycles. The van der Waals surface area contributed by atoms with Crippen LogP contribution in [0.2, 0.25) is 0 Å². The first-order valence-corrected chi connectivity index (χ1v) is 4.49. The zero-order valence-corrected chi connectivity index (χ0v) is 8.14. The van der Waals surface area contributed by atoms with Gasteiger partial charge in [-0.25, -0.2) is 0 Å². The third kappa shape index (κ3) is 4.61. The highest BCUT2D eigenvalue weighted by Crippen LogP contribution is 2.05. The second-order valence-corrected chi connectivity index (χ2v) is 2.92. The maximum absolute atomic E-state index is 11.3. The maximum Gasteiger partial charge on any atom is 0.241 e. The molecule has 0 aromatic heterocycles. The molecule has 4 nitrogen and oxygen atoms in total. The molecule has 0 saturated carbocycles. The van der Waals surface area contributed by atoms with Gasteiger partial charge in [-0.15, -0.1) is 0 Å². The Balaban J connectivity index is 0. The minimum absolute atomic E-state index is 0. The van der Waals surface area contributed by atoms with Gasteiger partial charge in [0.2, 0.25) is 11.8 Å². The van der Waals surface area contributed by atoms with Crippen LogP contribution in [0.4, 0.5) is 5.69 Å². The number of nitrogens with one attached hydrogen (secondary N) is 1. The molecule has 1 rings (SSSR count). The van der Waals surface area contributed by atoms with Crippen molar-refractivity contribution >= 4 is 17.5 Å². The van der Waals surface area contributed by atoms with Crippen molar-refractivity contribution in [2.45, 2.75) is 6.42 Å². The first kappa shape index (κ1) is 11.0. The molecule has 15 heavy (non-hydrogen) atoms. The summed E-state index contributed by atoms with van der Waals surface area (Å²) in [6.07, 6.45) is 2.74. The number of primary amides is 1. The number of amides is 2. The number of carbonyl (C=O) groups excluding carboxylic acids is 2. The summed E-state index contributed by atoms with van der Waals surface area (Å²) < 4.78 is 0. The van der Waals surface area contributed by atoms with E-state index < -0.39 is 5.91 Å². The van der Waals surface area contributed by atoms with E-state index in [1.165, 1.54) is 12.2 Å². The smallest absolute Gasteiger partial charge is 0.241 e. The molecule has 0 heterocycles. The normalized spacial score (nSPS) is 10.1. The summed E-state index contributed by atoms with van der Waals surface area (Å²) in [5.41, 5.74) is 5.61. The van der Waals surface area contributed by atoms with Crippen LogP contribution in [-0.4, -0.2) is 11.8 Å². The Kier molecular flexibility index (Phi) is 4.09.